The summed E-state index contributed by atoms with van der Waals surface area (Å²) < 4.78 is 0. The van der Waals surface area contributed by atoms with Crippen molar-refractivity contribution in [2.75, 3.05) is 26.7 Å². The van der Waals surface area contributed by atoms with Crippen LogP contribution < -0.4 is 11.1 Å². The molecule has 1 amide bonds. The molecule has 0 aromatic rings. The van der Waals surface area contributed by atoms with Crippen LogP contribution in [0.1, 0.15) is 20.3 Å². The minimum absolute atomic E-state index is 0.0135. The number of hydrogen-bond donors (Lipinski definition) is 2. The Bertz CT molecular complexity index is 202. The molecule has 4 nitrogen and oxygen atoms in total. The Morgan fingerprint density at radius 2 is 2.29 bits per heavy atom. The Balaban J connectivity index is 0.000000791. The van der Waals surface area contributed by atoms with Gasteiger partial charge < -0.3 is 16.0 Å². The smallest absolute Gasteiger partial charge is 0.267 e. The van der Waals surface area contributed by atoms with Crippen LogP contribution in [0, 0.1) is 0 Å². The van der Waals surface area contributed by atoms with Crippen molar-refractivity contribution >= 4 is 5.91 Å². The normalized spacial score (nSPS) is 14.3. The maximum atomic E-state index is 11.3. The van der Waals surface area contributed by atoms with Crippen LogP contribution in [0.25, 0.3) is 0 Å². The molecule has 0 saturated carbocycles. The fraction of sp³-hybridized carbons (Fsp3) is 0.700. The summed E-state index contributed by atoms with van der Waals surface area (Å²) in [4.78, 5) is 13.3. The largest absolute Gasteiger partial charge is 0.370 e. The average molecular weight is 199 g/mol. The molecule has 1 heterocycles. The van der Waals surface area contributed by atoms with Crippen molar-refractivity contribution in [3.8, 4) is 0 Å². The number of nitrogens with one attached hydrogen (secondary N) is 1. The van der Waals surface area contributed by atoms with Gasteiger partial charge in [0.1, 0.15) is 0 Å². The Morgan fingerprint density at radius 1 is 1.64 bits per heavy atom. The average Bonchev–Trinajstić information content (AvgIpc) is 2.64. The summed E-state index contributed by atoms with van der Waals surface area (Å²) in [6, 6.07) is 0. The van der Waals surface area contributed by atoms with Crippen LogP contribution in [0.15, 0.2) is 11.8 Å². The van der Waals surface area contributed by atoms with Crippen molar-refractivity contribution in [3.05, 3.63) is 11.8 Å². The Hall–Kier alpha value is -1.03. The van der Waals surface area contributed by atoms with Crippen molar-refractivity contribution < 1.29 is 4.79 Å². The summed E-state index contributed by atoms with van der Waals surface area (Å²) in [5.74, 6) is -0.0135. The molecule has 0 unspecified atom stereocenters. The van der Waals surface area contributed by atoms with E-state index in [0.717, 1.165) is 18.7 Å². The van der Waals surface area contributed by atoms with Crippen LogP contribution in [0.3, 0.4) is 0 Å². The zero-order valence-corrected chi connectivity index (χ0v) is 9.34. The predicted molar refractivity (Wildman–Crippen MR) is 58.7 cm³/mol. The molecular formula is C10H21N3O. The van der Waals surface area contributed by atoms with Crippen LogP contribution in [0.2, 0.25) is 0 Å². The van der Waals surface area contributed by atoms with Gasteiger partial charge in [0.15, 0.2) is 0 Å². The molecule has 0 aromatic carbocycles. The van der Waals surface area contributed by atoms with Crippen molar-refractivity contribution in [2.24, 2.45) is 5.73 Å². The predicted octanol–water partition coefficient (Wildman–Crippen LogP) is 0.307. The standard InChI is InChI=1S/C8H15N3O.C2H6/c1-11-6-2-3-7(11)8(12)10-5-4-9;1-2/h3H,2,4-6,9H2,1H3,(H,10,12);1-2H3. The highest BCUT2D eigenvalue weighted by Gasteiger charge is 2.16. The summed E-state index contributed by atoms with van der Waals surface area (Å²) in [5, 5.41) is 2.73. The van der Waals surface area contributed by atoms with Gasteiger partial charge in [-0.15, -0.1) is 0 Å². The van der Waals surface area contributed by atoms with E-state index >= 15 is 0 Å². The van der Waals surface area contributed by atoms with E-state index in [9.17, 15) is 4.79 Å². The Morgan fingerprint density at radius 3 is 2.71 bits per heavy atom. The maximum absolute atomic E-state index is 11.3. The summed E-state index contributed by atoms with van der Waals surface area (Å²) in [6.07, 6.45) is 2.91. The van der Waals surface area contributed by atoms with Gasteiger partial charge in [-0.1, -0.05) is 19.9 Å². The van der Waals surface area contributed by atoms with Gasteiger partial charge in [-0.25, -0.2) is 0 Å². The highest BCUT2D eigenvalue weighted by Crippen LogP contribution is 2.11. The van der Waals surface area contributed by atoms with E-state index in [4.69, 9.17) is 5.73 Å². The van der Waals surface area contributed by atoms with E-state index in [1.165, 1.54) is 0 Å². The molecule has 0 fully saturated rings. The molecule has 0 radical (unpaired) electrons. The first-order valence-corrected chi connectivity index (χ1v) is 5.15. The van der Waals surface area contributed by atoms with E-state index < -0.39 is 0 Å². The molecule has 0 aromatic heterocycles. The van der Waals surface area contributed by atoms with E-state index in [1.54, 1.807) is 0 Å². The van der Waals surface area contributed by atoms with Gasteiger partial charge in [0.05, 0.1) is 5.70 Å². The number of rotatable bonds is 3. The number of hydrogen-bond acceptors (Lipinski definition) is 3. The zero-order chi connectivity index (χ0) is 11.0. The van der Waals surface area contributed by atoms with E-state index in [-0.39, 0.29) is 5.91 Å². The van der Waals surface area contributed by atoms with Gasteiger partial charge in [-0.3, -0.25) is 4.79 Å². The third-order valence-corrected chi connectivity index (χ3v) is 1.88. The quantitative estimate of drug-likeness (QED) is 0.687. The molecule has 0 saturated heterocycles. The minimum Gasteiger partial charge on any atom is -0.370 e. The minimum atomic E-state index is -0.0135. The first kappa shape index (κ1) is 13.0. The van der Waals surface area contributed by atoms with Crippen LogP contribution in [-0.4, -0.2) is 37.5 Å². The lowest BCUT2D eigenvalue weighted by Crippen LogP contribution is -2.34. The maximum Gasteiger partial charge on any atom is 0.267 e. The molecule has 1 aliphatic rings. The Labute approximate surface area is 86.1 Å². The van der Waals surface area contributed by atoms with Crippen molar-refractivity contribution in [2.45, 2.75) is 20.3 Å². The van der Waals surface area contributed by atoms with Crippen LogP contribution >= 0.6 is 0 Å². The lowest BCUT2D eigenvalue weighted by molar-refractivity contribution is -0.118. The molecule has 1 aliphatic heterocycles. The third kappa shape index (κ3) is 3.79. The first-order valence-electron chi connectivity index (χ1n) is 5.15. The number of likely N-dealkylation sites (N-methyl/N-ethyl adjacent to an activating group) is 1. The van der Waals surface area contributed by atoms with Crippen LogP contribution in [0.5, 0.6) is 0 Å². The Kier molecular flexibility index (Phi) is 6.84. The summed E-state index contributed by atoms with van der Waals surface area (Å²) in [7, 11) is 1.92. The number of carbonyl (C=O) groups is 1. The second-order valence-corrected chi connectivity index (χ2v) is 2.84. The molecule has 1 rings (SSSR count). The molecular weight excluding hydrogens is 178 g/mol. The van der Waals surface area contributed by atoms with E-state index in [2.05, 4.69) is 5.32 Å². The number of nitrogens with two attached hydrogens (primary N) is 1. The third-order valence-electron chi connectivity index (χ3n) is 1.88. The molecule has 0 spiro atoms. The van der Waals surface area contributed by atoms with Crippen molar-refractivity contribution in [1.82, 2.24) is 10.2 Å². The van der Waals surface area contributed by atoms with E-state index in [0.29, 0.717) is 13.1 Å². The van der Waals surface area contributed by atoms with Crippen LogP contribution in [0.4, 0.5) is 0 Å². The monoisotopic (exact) mass is 199 g/mol. The number of carbonyl (C=O) groups excluding carboxylic acids is 1. The lowest BCUT2D eigenvalue weighted by Gasteiger charge is -2.14. The highest BCUT2D eigenvalue weighted by molar-refractivity contribution is 5.93. The molecule has 14 heavy (non-hydrogen) atoms. The fourth-order valence-electron chi connectivity index (χ4n) is 1.21. The van der Waals surface area contributed by atoms with Gasteiger partial charge in [-0.2, -0.15) is 0 Å². The summed E-state index contributed by atoms with van der Waals surface area (Å²) >= 11 is 0. The zero-order valence-electron chi connectivity index (χ0n) is 9.34. The highest BCUT2D eigenvalue weighted by atomic mass is 16.2. The molecule has 3 N–H and O–H groups in total. The van der Waals surface area contributed by atoms with E-state index in [1.807, 2.05) is 31.9 Å². The molecule has 82 valence electrons. The first-order chi connectivity index (χ1) is 6.75. The van der Waals surface area contributed by atoms with Gasteiger partial charge in [0.2, 0.25) is 0 Å². The second kappa shape index (κ2) is 7.38. The molecule has 4 heteroatoms. The molecule has 0 bridgehead atoms. The number of amides is 1. The molecule has 0 atom stereocenters. The summed E-state index contributed by atoms with van der Waals surface area (Å²) in [5.41, 5.74) is 6.03. The van der Waals surface area contributed by atoms with Gasteiger partial charge in [-0.05, 0) is 6.42 Å². The van der Waals surface area contributed by atoms with Gasteiger partial charge >= 0.3 is 0 Å². The SMILES string of the molecule is CC.CN1CCC=C1C(=O)NCCN. The van der Waals surface area contributed by atoms with Crippen molar-refractivity contribution in [1.29, 1.82) is 0 Å². The van der Waals surface area contributed by atoms with Crippen LogP contribution in [-0.2, 0) is 4.79 Å². The van der Waals surface area contributed by atoms with Gasteiger partial charge in [0, 0.05) is 26.7 Å². The lowest BCUT2D eigenvalue weighted by atomic mass is 10.4. The molecule has 0 aliphatic carbocycles. The summed E-state index contributed by atoms with van der Waals surface area (Å²) in [6.45, 7) is 5.97. The second-order valence-electron chi connectivity index (χ2n) is 2.84. The van der Waals surface area contributed by atoms with Crippen molar-refractivity contribution in [3.63, 3.8) is 0 Å². The van der Waals surface area contributed by atoms with Gasteiger partial charge in [0.25, 0.3) is 5.91 Å². The number of nitrogens with zero attached hydrogens (tertiary/aromatic N) is 1. The topological polar surface area (TPSA) is 58.4 Å². The fourth-order valence-corrected chi connectivity index (χ4v) is 1.21.